The van der Waals surface area contributed by atoms with E-state index in [1.165, 1.54) is 11.3 Å². The van der Waals surface area contributed by atoms with Gasteiger partial charge in [-0.1, -0.05) is 42.5 Å². The summed E-state index contributed by atoms with van der Waals surface area (Å²) in [6, 6.07) is 19.9. The second-order valence-corrected chi connectivity index (χ2v) is 6.57. The standard InChI is InChI=1S/C20H16O3S/c1-2-22-20(21)17-12-15-18(13-8-4-3-5-9-13)23-16-11-7-6-10-14(16)19(15)24-17/h3-12,18H,2H2,1H3. The van der Waals surface area contributed by atoms with Crippen molar-refractivity contribution in [1.82, 2.24) is 0 Å². The summed E-state index contributed by atoms with van der Waals surface area (Å²) >= 11 is 1.47. The molecule has 0 amide bonds. The van der Waals surface area contributed by atoms with Crippen LogP contribution < -0.4 is 4.74 Å². The Morgan fingerprint density at radius 3 is 2.67 bits per heavy atom. The minimum absolute atomic E-state index is 0.212. The number of hydrogen-bond acceptors (Lipinski definition) is 4. The molecule has 4 rings (SSSR count). The maximum absolute atomic E-state index is 12.2. The first-order valence-corrected chi connectivity index (χ1v) is 8.71. The molecule has 1 unspecified atom stereocenters. The van der Waals surface area contributed by atoms with Gasteiger partial charge in [0, 0.05) is 16.0 Å². The van der Waals surface area contributed by atoms with Crippen molar-refractivity contribution in [3.8, 4) is 16.2 Å². The van der Waals surface area contributed by atoms with Crippen molar-refractivity contribution in [1.29, 1.82) is 0 Å². The van der Waals surface area contributed by atoms with Crippen LogP contribution in [-0.2, 0) is 4.74 Å². The highest BCUT2D eigenvalue weighted by molar-refractivity contribution is 7.17. The summed E-state index contributed by atoms with van der Waals surface area (Å²) in [5.74, 6) is 0.567. The van der Waals surface area contributed by atoms with Gasteiger partial charge < -0.3 is 9.47 Å². The summed E-state index contributed by atoms with van der Waals surface area (Å²) < 4.78 is 11.4. The molecule has 0 aliphatic carbocycles. The number of hydrogen-bond donors (Lipinski definition) is 0. The molecule has 0 fully saturated rings. The second-order valence-electron chi connectivity index (χ2n) is 5.52. The van der Waals surface area contributed by atoms with Crippen LogP contribution in [0.5, 0.6) is 5.75 Å². The number of fused-ring (bicyclic) bond motifs is 3. The lowest BCUT2D eigenvalue weighted by Crippen LogP contribution is -2.13. The zero-order valence-corrected chi connectivity index (χ0v) is 14.0. The summed E-state index contributed by atoms with van der Waals surface area (Å²) in [7, 11) is 0. The molecule has 0 spiro atoms. The van der Waals surface area contributed by atoms with Crippen molar-refractivity contribution in [2.24, 2.45) is 0 Å². The average molecular weight is 336 g/mol. The Labute approximate surface area is 144 Å². The van der Waals surface area contributed by atoms with Gasteiger partial charge in [0.2, 0.25) is 0 Å². The second kappa shape index (κ2) is 6.13. The van der Waals surface area contributed by atoms with Crippen molar-refractivity contribution in [2.75, 3.05) is 6.61 Å². The Morgan fingerprint density at radius 2 is 1.88 bits per heavy atom. The molecular weight excluding hydrogens is 320 g/mol. The lowest BCUT2D eigenvalue weighted by molar-refractivity contribution is 0.0532. The Balaban J connectivity index is 1.86. The molecule has 0 radical (unpaired) electrons. The van der Waals surface area contributed by atoms with Crippen LogP contribution in [0.15, 0.2) is 60.7 Å². The van der Waals surface area contributed by atoms with E-state index in [1.807, 2.05) is 67.6 Å². The topological polar surface area (TPSA) is 35.5 Å². The number of ether oxygens (including phenoxy) is 2. The van der Waals surface area contributed by atoms with E-state index in [9.17, 15) is 4.79 Å². The smallest absolute Gasteiger partial charge is 0.348 e. The highest BCUT2D eigenvalue weighted by Gasteiger charge is 2.30. The molecular formula is C20H16O3S. The molecule has 1 aliphatic heterocycles. The van der Waals surface area contributed by atoms with E-state index in [1.54, 1.807) is 0 Å². The molecule has 1 aromatic heterocycles. The average Bonchev–Trinajstić information content (AvgIpc) is 3.08. The lowest BCUT2D eigenvalue weighted by atomic mass is 9.96. The lowest BCUT2D eigenvalue weighted by Gasteiger charge is -2.26. The van der Waals surface area contributed by atoms with E-state index in [0.29, 0.717) is 11.5 Å². The number of rotatable bonds is 3. The van der Waals surface area contributed by atoms with E-state index in [4.69, 9.17) is 9.47 Å². The van der Waals surface area contributed by atoms with E-state index in [2.05, 4.69) is 0 Å². The number of carbonyl (C=O) groups excluding carboxylic acids is 1. The Hall–Kier alpha value is -2.59. The van der Waals surface area contributed by atoms with Gasteiger partial charge in [0.05, 0.1) is 6.61 Å². The highest BCUT2D eigenvalue weighted by atomic mass is 32.1. The van der Waals surface area contributed by atoms with Crippen LogP contribution in [0.3, 0.4) is 0 Å². The van der Waals surface area contributed by atoms with Crippen LogP contribution in [0.4, 0.5) is 0 Å². The Kier molecular flexibility index (Phi) is 3.82. The summed E-state index contributed by atoms with van der Waals surface area (Å²) in [5.41, 5.74) is 3.12. The van der Waals surface area contributed by atoms with Crippen LogP contribution in [0, 0.1) is 0 Å². The first kappa shape index (κ1) is 15.0. The van der Waals surface area contributed by atoms with E-state index in [0.717, 1.165) is 27.3 Å². The molecule has 120 valence electrons. The van der Waals surface area contributed by atoms with Gasteiger partial charge in [-0.3, -0.25) is 0 Å². The fourth-order valence-corrected chi connectivity index (χ4v) is 4.05. The third kappa shape index (κ3) is 2.49. The van der Waals surface area contributed by atoms with Crippen LogP contribution in [0.2, 0.25) is 0 Å². The third-order valence-corrected chi connectivity index (χ3v) is 5.16. The molecule has 0 N–H and O–H groups in total. The van der Waals surface area contributed by atoms with Gasteiger partial charge in [-0.15, -0.1) is 11.3 Å². The summed E-state index contributed by atoms with van der Waals surface area (Å²) in [4.78, 5) is 13.9. The molecule has 0 bridgehead atoms. The molecule has 0 saturated heterocycles. The maximum atomic E-state index is 12.2. The van der Waals surface area contributed by atoms with Gasteiger partial charge >= 0.3 is 5.97 Å². The monoisotopic (exact) mass is 336 g/mol. The molecule has 3 aromatic rings. The fraction of sp³-hybridized carbons (Fsp3) is 0.150. The summed E-state index contributed by atoms with van der Waals surface area (Å²) in [6.45, 7) is 2.19. The number of benzene rings is 2. The van der Waals surface area contributed by atoms with Gasteiger partial charge in [-0.25, -0.2) is 4.79 Å². The third-order valence-electron chi connectivity index (χ3n) is 4.00. The van der Waals surface area contributed by atoms with Gasteiger partial charge in [-0.05, 0) is 30.7 Å². The molecule has 2 aromatic carbocycles. The molecule has 0 saturated carbocycles. The summed E-state index contributed by atoms with van der Waals surface area (Å²) in [6.07, 6.45) is -0.212. The molecule has 3 nitrogen and oxygen atoms in total. The van der Waals surface area contributed by atoms with Crippen LogP contribution in [0.25, 0.3) is 10.4 Å². The highest BCUT2D eigenvalue weighted by Crippen LogP contribution is 2.48. The maximum Gasteiger partial charge on any atom is 0.348 e. The quantitative estimate of drug-likeness (QED) is 0.626. The van der Waals surface area contributed by atoms with Gasteiger partial charge in [0.25, 0.3) is 0 Å². The minimum Gasteiger partial charge on any atom is -0.480 e. The van der Waals surface area contributed by atoms with Crippen molar-refractivity contribution in [3.63, 3.8) is 0 Å². The molecule has 2 heterocycles. The Bertz CT molecular complexity index is 883. The number of para-hydroxylation sites is 1. The van der Waals surface area contributed by atoms with Crippen LogP contribution in [0.1, 0.15) is 33.8 Å². The number of esters is 1. The SMILES string of the molecule is CCOC(=O)c1cc2c(s1)-c1ccccc1OC2c1ccccc1. The zero-order valence-electron chi connectivity index (χ0n) is 13.2. The minimum atomic E-state index is -0.277. The van der Waals surface area contributed by atoms with E-state index >= 15 is 0 Å². The van der Waals surface area contributed by atoms with E-state index in [-0.39, 0.29) is 12.1 Å². The molecule has 4 heteroatoms. The number of thiophene rings is 1. The molecule has 1 atom stereocenters. The summed E-state index contributed by atoms with van der Waals surface area (Å²) in [5, 5.41) is 0. The zero-order chi connectivity index (χ0) is 16.5. The largest absolute Gasteiger partial charge is 0.480 e. The first-order valence-electron chi connectivity index (χ1n) is 7.89. The molecule has 24 heavy (non-hydrogen) atoms. The predicted octanol–water partition coefficient (Wildman–Crippen LogP) is 5.07. The van der Waals surface area contributed by atoms with Crippen LogP contribution in [-0.4, -0.2) is 12.6 Å². The van der Waals surface area contributed by atoms with Crippen LogP contribution >= 0.6 is 11.3 Å². The molecule has 1 aliphatic rings. The predicted molar refractivity (Wildman–Crippen MR) is 94.6 cm³/mol. The van der Waals surface area contributed by atoms with Crippen molar-refractivity contribution in [2.45, 2.75) is 13.0 Å². The van der Waals surface area contributed by atoms with E-state index < -0.39 is 0 Å². The van der Waals surface area contributed by atoms with Gasteiger partial charge in [-0.2, -0.15) is 0 Å². The Morgan fingerprint density at radius 1 is 1.12 bits per heavy atom. The first-order chi connectivity index (χ1) is 11.8. The fourth-order valence-electron chi connectivity index (χ4n) is 2.94. The number of carbonyl (C=O) groups is 1. The normalized spacial score (nSPS) is 15.1. The van der Waals surface area contributed by atoms with Gasteiger partial charge in [0.15, 0.2) is 6.10 Å². The van der Waals surface area contributed by atoms with Gasteiger partial charge in [0.1, 0.15) is 10.6 Å². The van der Waals surface area contributed by atoms with Crippen molar-refractivity contribution >= 4 is 17.3 Å². The van der Waals surface area contributed by atoms with Crippen molar-refractivity contribution in [3.05, 3.63) is 76.7 Å². The van der Waals surface area contributed by atoms with Crippen molar-refractivity contribution < 1.29 is 14.3 Å².